The van der Waals surface area contributed by atoms with E-state index in [9.17, 15) is 17.9 Å². The van der Waals surface area contributed by atoms with Crippen molar-refractivity contribution in [3.8, 4) is 11.5 Å². The molecule has 0 radical (unpaired) electrons. The van der Waals surface area contributed by atoms with Gasteiger partial charge in [0.2, 0.25) is 0 Å². The number of halogens is 2. The Morgan fingerprint density at radius 3 is 2.00 bits per heavy atom. The Labute approximate surface area is 201 Å². The van der Waals surface area contributed by atoms with Gasteiger partial charge >= 0.3 is 0 Å². The van der Waals surface area contributed by atoms with E-state index < -0.39 is 28.4 Å². The third kappa shape index (κ3) is 9.14. The first-order chi connectivity index (χ1) is 15.7. The fourth-order valence-electron chi connectivity index (χ4n) is 3.38. The van der Waals surface area contributed by atoms with Crippen molar-refractivity contribution >= 4 is 21.4 Å². The van der Waals surface area contributed by atoms with Gasteiger partial charge in [-0.15, -0.1) is 11.6 Å². The lowest BCUT2D eigenvalue weighted by Crippen LogP contribution is -2.28. The van der Waals surface area contributed by atoms with Crippen molar-refractivity contribution in [2.75, 3.05) is 37.3 Å². The summed E-state index contributed by atoms with van der Waals surface area (Å²) in [6, 6.07) is 15.5. The van der Waals surface area contributed by atoms with Crippen LogP contribution in [0.1, 0.15) is 44.2 Å². The zero-order valence-corrected chi connectivity index (χ0v) is 20.9. The molecule has 0 aromatic heterocycles. The maximum Gasteiger partial charge on any atom is 0.152 e. The van der Waals surface area contributed by atoms with Crippen molar-refractivity contribution in [2.24, 2.45) is 0 Å². The van der Waals surface area contributed by atoms with Gasteiger partial charge in [-0.1, -0.05) is 38.1 Å². The van der Waals surface area contributed by atoms with Crippen molar-refractivity contribution in [1.29, 1.82) is 0 Å². The topological polar surface area (TPSA) is 72.8 Å². The number of rotatable bonds is 15. The van der Waals surface area contributed by atoms with Crippen molar-refractivity contribution in [2.45, 2.75) is 44.6 Å². The van der Waals surface area contributed by atoms with Crippen LogP contribution in [-0.2, 0) is 15.3 Å². The standard InChI is InChI=1S/C25H34ClFO5S/c1-25(2,20-6-10-23(11-7-20)31-16-5-14-26)21-8-12-24(13-9-21)32-18-22(28)19-33(29,30)17-4-3-15-27/h6-13,22,28H,3-5,14-19H2,1-2H3. The van der Waals surface area contributed by atoms with E-state index in [1.54, 1.807) is 0 Å². The molecule has 0 aliphatic rings. The Morgan fingerprint density at radius 1 is 0.939 bits per heavy atom. The maximum atomic E-state index is 12.1. The summed E-state index contributed by atoms with van der Waals surface area (Å²) in [7, 11) is -3.44. The van der Waals surface area contributed by atoms with Gasteiger partial charge in [-0.25, -0.2) is 8.42 Å². The highest BCUT2D eigenvalue weighted by Crippen LogP contribution is 2.33. The number of hydrogen-bond donors (Lipinski definition) is 1. The summed E-state index contributed by atoms with van der Waals surface area (Å²) in [5, 5.41) is 10.0. The predicted octanol–water partition coefficient (Wildman–Crippen LogP) is 4.92. The van der Waals surface area contributed by atoms with Gasteiger partial charge in [0.1, 0.15) is 24.2 Å². The molecule has 8 heteroatoms. The Hall–Kier alpha value is -1.83. The molecule has 2 aromatic carbocycles. The van der Waals surface area contributed by atoms with Crippen LogP contribution in [0, 0.1) is 0 Å². The normalized spacial score (nSPS) is 13.0. The molecule has 0 saturated carbocycles. The molecular formula is C25H34ClFO5S. The number of aliphatic hydroxyl groups is 1. The molecule has 0 aliphatic carbocycles. The lowest BCUT2D eigenvalue weighted by molar-refractivity contribution is 0.125. The third-order valence-electron chi connectivity index (χ3n) is 5.43. The van der Waals surface area contributed by atoms with Gasteiger partial charge < -0.3 is 14.6 Å². The molecule has 0 spiro atoms. The average molecular weight is 501 g/mol. The van der Waals surface area contributed by atoms with E-state index in [-0.39, 0.29) is 30.6 Å². The summed E-state index contributed by atoms with van der Waals surface area (Å²) >= 11 is 5.68. The van der Waals surface area contributed by atoms with Gasteiger partial charge in [0, 0.05) is 11.3 Å². The van der Waals surface area contributed by atoms with Crippen LogP contribution in [0.3, 0.4) is 0 Å². The summed E-state index contributed by atoms with van der Waals surface area (Å²) in [6.07, 6.45) is 0.131. The van der Waals surface area contributed by atoms with Crippen LogP contribution in [0.2, 0.25) is 0 Å². The van der Waals surface area contributed by atoms with E-state index in [1.165, 1.54) is 0 Å². The van der Waals surface area contributed by atoms with Gasteiger partial charge in [0.15, 0.2) is 9.84 Å². The molecule has 2 rings (SSSR count). The lowest BCUT2D eigenvalue weighted by atomic mass is 9.78. The summed E-state index contributed by atoms with van der Waals surface area (Å²) in [5.74, 6) is 1.41. The van der Waals surface area contributed by atoms with Crippen LogP contribution in [0.15, 0.2) is 48.5 Å². The van der Waals surface area contributed by atoms with Gasteiger partial charge in [0.25, 0.3) is 0 Å². The Bertz CT molecular complexity index is 930. The Kier molecular flexibility index (Phi) is 10.9. The lowest BCUT2D eigenvalue weighted by Gasteiger charge is -2.26. The fraction of sp³-hybridized carbons (Fsp3) is 0.520. The van der Waals surface area contributed by atoms with Crippen molar-refractivity contribution in [1.82, 2.24) is 0 Å². The van der Waals surface area contributed by atoms with Crippen LogP contribution in [0.5, 0.6) is 11.5 Å². The van der Waals surface area contributed by atoms with Crippen molar-refractivity contribution in [3.63, 3.8) is 0 Å². The first kappa shape index (κ1) is 27.4. The second-order valence-corrected chi connectivity index (χ2v) is 11.1. The second kappa shape index (κ2) is 13.2. The third-order valence-corrected chi connectivity index (χ3v) is 7.50. The zero-order valence-electron chi connectivity index (χ0n) is 19.3. The summed E-state index contributed by atoms with van der Waals surface area (Å²) < 4.78 is 47.3. The van der Waals surface area contributed by atoms with Gasteiger partial charge in [-0.2, -0.15) is 0 Å². The molecule has 184 valence electrons. The molecular weight excluding hydrogens is 467 g/mol. The summed E-state index contributed by atoms with van der Waals surface area (Å²) in [5.41, 5.74) is 1.97. The van der Waals surface area contributed by atoms with E-state index in [0.29, 0.717) is 18.2 Å². The average Bonchev–Trinajstić information content (AvgIpc) is 2.78. The van der Waals surface area contributed by atoms with Crippen molar-refractivity contribution in [3.05, 3.63) is 59.7 Å². The molecule has 1 atom stereocenters. The number of sulfone groups is 1. The molecule has 1 unspecified atom stereocenters. The molecule has 2 aromatic rings. The Morgan fingerprint density at radius 2 is 1.48 bits per heavy atom. The number of alkyl halides is 2. The van der Waals surface area contributed by atoms with Crippen LogP contribution in [0.25, 0.3) is 0 Å². The summed E-state index contributed by atoms with van der Waals surface area (Å²) in [4.78, 5) is 0. The second-order valence-electron chi connectivity index (χ2n) is 8.54. The van der Waals surface area contributed by atoms with E-state index in [0.717, 1.165) is 23.3 Å². The Balaban J connectivity index is 1.91. The first-order valence-corrected chi connectivity index (χ1v) is 13.5. The van der Waals surface area contributed by atoms with Crippen LogP contribution in [0.4, 0.5) is 4.39 Å². The molecule has 0 aliphatic heterocycles. The number of hydrogen-bond acceptors (Lipinski definition) is 5. The monoisotopic (exact) mass is 500 g/mol. The van der Waals surface area contributed by atoms with Crippen LogP contribution in [-0.4, -0.2) is 56.9 Å². The number of aliphatic hydroxyl groups excluding tert-OH is 1. The smallest absolute Gasteiger partial charge is 0.152 e. The van der Waals surface area contributed by atoms with Gasteiger partial charge in [0.05, 0.1) is 24.8 Å². The SMILES string of the molecule is CC(C)(c1ccc(OCCCCl)cc1)c1ccc(OCC(O)CS(=O)(=O)CCCCF)cc1. The minimum absolute atomic E-state index is 0.127. The minimum Gasteiger partial charge on any atom is -0.494 e. The molecule has 0 bridgehead atoms. The molecule has 1 N–H and O–H groups in total. The minimum atomic E-state index is -3.44. The fourth-order valence-corrected chi connectivity index (χ4v) is 4.98. The highest BCUT2D eigenvalue weighted by Gasteiger charge is 2.23. The summed E-state index contributed by atoms with van der Waals surface area (Å²) in [6.45, 7) is 4.18. The zero-order chi connectivity index (χ0) is 24.3. The molecule has 0 saturated heterocycles. The molecule has 0 heterocycles. The van der Waals surface area contributed by atoms with Crippen LogP contribution < -0.4 is 9.47 Å². The maximum absolute atomic E-state index is 12.1. The van der Waals surface area contributed by atoms with Crippen molar-refractivity contribution < 1.29 is 27.4 Å². The first-order valence-electron chi connectivity index (χ1n) is 11.1. The van der Waals surface area contributed by atoms with E-state index in [4.69, 9.17) is 21.1 Å². The molecule has 0 amide bonds. The predicted molar refractivity (Wildman–Crippen MR) is 131 cm³/mol. The number of unbranched alkanes of at least 4 members (excludes halogenated alkanes) is 1. The highest BCUT2D eigenvalue weighted by molar-refractivity contribution is 7.91. The van der Waals surface area contributed by atoms with E-state index in [2.05, 4.69) is 13.8 Å². The largest absolute Gasteiger partial charge is 0.494 e. The number of benzene rings is 2. The van der Waals surface area contributed by atoms with E-state index in [1.807, 2.05) is 48.5 Å². The molecule has 5 nitrogen and oxygen atoms in total. The van der Waals surface area contributed by atoms with E-state index >= 15 is 0 Å². The molecule has 33 heavy (non-hydrogen) atoms. The van der Waals surface area contributed by atoms with Gasteiger partial charge in [-0.3, -0.25) is 4.39 Å². The molecule has 0 fully saturated rings. The van der Waals surface area contributed by atoms with Gasteiger partial charge in [-0.05, 0) is 54.7 Å². The van der Waals surface area contributed by atoms with Crippen LogP contribution >= 0.6 is 11.6 Å². The highest BCUT2D eigenvalue weighted by atomic mass is 35.5. The number of ether oxygens (including phenoxy) is 2. The quantitative estimate of drug-likeness (QED) is 0.277.